The lowest BCUT2D eigenvalue weighted by Crippen LogP contribution is -2.42. The number of nitrogens with one attached hydrogen (secondary N) is 1. The molecule has 1 aromatic rings. The highest BCUT2D eigenvalue weighted by atomic mass is 79.9. The van der Waals surface area contributed by atoms with Gasteiger partial charge < -0.3 is 10.4 Å². The fourth-order valence-corrected chi connectivity index (χ4v) is 1.64. The minimum atomic E-state index is -0.553. The summed E-state index contributed by atoms with van der Waals surface area (Å²) >= 11 is 3.26. The molecule has 6 heteroatoms. The van der Waals surface area contributed by atoms with Crippen LogP contribution in [0.1, 0.15) is 27.7 Å². The van der Waals surface area contributed by atoms with Crippen LogP contribution in [0, 0.1) is 0 Å². The molecule has 0 bridgehead atoms. The van der Waals surface area contributed by atoms with E-state index in [4.69, 9.17) is 0 Å². The Morgan fingerprint density at radius 2 is 2.24 bits per heavy atom. The number of nitrogens with zero attached hydrogens (tertiary/aromatic N) is 2. The first-order valence-electron chi connectivity index (χ1n) is 5.51. The van der Waals surface area contributed by atoms with E-state index in [0.717, 1.165) is 0 Å². The van der Waals surface area contributed by atoms with E-state index in [1.165, 1.54) is 4.68 Å². The largest absolute Gasteiger partial charge is 0.391 e. The van der Waals surface area contributed by atoms with Gasteiger partial charge in [0, 0.05) is 6.54 Å². The zero-order chi connectivity index (χ0) is 13.2. The summed E-state index contributed by atoms with van der Waals surface area (Å²) in [5, 5.41) is 16.8. The molecule has 1 unspecified atom stereocenters. The SMILES string of the molecule is CCn1ncc(NC(C)(C)C(C)O)c(Br)c1=O. The van der Waals surface area contributed by atoms with E-state index >= 15 is 0 Å². The summed E-state index contributed by atoms with van der Waals surface area (Å²) in [5.41, 5.74) is -0.126. The van der Waals surface area contributed by atoms with Gasteiger partial charge in [0.2, 0.25) is 0 Å². The van der Waals surface area contributed by atoms with Crippen molar-refractivity contribution in [3.8, 4) is 0 Å². The third kappa shape index (κ3) is 3.07. The van der Waals surface area contributed by atoms with Crippen LogP contribution in [-0.4, -0.2) is 26.5 Å². The number of aromatic nitrogens is 2. The summed E-state index contributed by atoms with van der Waals surface area (Å²) in [6.07, 6.45) is 1.03. The maximum atomic E-state index is 11.8. The van der Waals surface area contributed by atoms with Gasteiger partial charge in [0.05, 0.1) is 23.5 Å². The molecule has 2 N–H and O–H groups in total. The van der Waals surface area contributed by atoms with Gasteiger partial charge in [-0.15, -0.1) is 0 Å². The molecule has 0 aliphatic carbocycles. The molecule has 0 aromatic carbocycles. The predicted molar refractivity (Wildman–Crippen MR) is 71.3 cm³/mol. The zero-order valence-corrected chi connectivity index (χ0v) is 12.1. The van der Waals surface area contributed by atoms with Gasteiger partial charge in [-0.2, -0.15) is 5.10 Å². The molecule has 0 radical (unpaired) electrons. The Bertz CT molecular complexity index is 455. The van der Waals surface area contributed by atoms with E-state index in [2.05, 4.69) is 26.3 Å². The van der Waals surface area contributed by atoms with Crippen molar-refractivity contribution in [3.05, 3.63) is 21.0 Å². The number of aliphatic hydroxyl groups is 1. The summed E-state index contributed by atoms with van der Waals surface area (Å²) in [5.74, 6) is 0. The van der Waals surface area contributed by atoms with Crippen molar-refractivity contribution in [3.63, 3.8) is 0 Å². The average molecular weight is 304 g/mol. The highest BCUT2D eigenvalue weighted by Crippen LogP contribution is 2.22. The first-order chi connectivity index (χ1) is 7.79. The lowest BCUT2D eigenvalue weighted by Gasteiger charge is -2.30. The molecule has 0 amide bonds. The average Bonchev–Trinajstić information content (AvgIpc) is 2.25. The second-order valence-corrected chi connectivity index (χ2v) is 5.31. The third-order valence-corrected chi connectivity index (χ3v) is 3.55. The Morgan fingerprint density at radius 3 is 2.71 bits per heavy atom. The van der Waals surface area contributed by atoms with Gasteiger partial charge in [0.1, 0.15) is 4.47 Å². The van der Waals surface area contributed by atoms with Crippen molar-refractivity contribution in [2.24, 2.45) is 0 Å². The number of rotatable bonds is 4. The number of anilines is 1. The molecule has 0 spiro atoms. The second kappa shape index (κ2) is 5.18. The molecule has 17 heavy (non-hydrogen) atoms. The summed E-state index contributed by atoms with van der Waals surface area (Å²) < 4.78 is 1.80. The van der Waals surface area contributed by atoms with E-state index in [1.54, 1.807) is 13.1 Å². The van der Waals surface area contributed by atoms with E-state index in [-0.39, 0.29) is 5.56 Å². The molecule has 1 atom stereocenters. The van der Waals surface area contributed by atoms with Gasteiger partial charge in [-0.3, -0.25) is 4.79 Å². The van der Waals surface area contributed by atoms with Gasteiger partial charge in [-0.1, -0.05) is 0 Å². The standard InChI is InChI=1S/C11H18BrN3O2/c1-5-15-10(17)9(12)8(6-13-15)14-11(3,4)7(2)16/h6-7,14,16H,5H2,1-4H3. The van der Waals surface area contributed by atoms with E-state index in [1.807, 2.05) is 20.8 Å². The highest BCUT2D eigenvalue weighted by Gasteiger charge is 2.25. The summed E-state index contributed by atoms with van der Waals surface area (Å²) in [7, 11) is 0. The summed E-state index contributed by atoms with van der Waals surface area (Å²) in [6.45, 7) is 7.79. The molecule has 0 fully saturated rings. The van der Waals surface area contributed by atoms with Crippen molar-refractivity contribution < 1.29 is 5.11 Å². The quantitative estimate of drug-likeness (QED) is 0.886. The lowest BCUT2D eigenvalue weighted by atomic mass is 9.98. The molecule has 5 nitrogen and oxygen atoms in total. The van der Waals surface area contributed by atoms with Crippen LogP contribution in [0.5, 0.6) is 0 Å². The van der Waals surface area contributed by atoms with E-state index in [9.17, 15) is 9.90 Å². The molecule has 1 rings (SSSR count). The van der Waals surface area contributed by atoms with Crippen molar-refractivity contribution in [2.45, 2.75) is 45.9 Å². The molecule has 0 saturated carbocycles. The molecule has 96 valence electrons. The van der Waals surface area contributed by atoms with Crippen LogP contribution in [0.3, 0.4) is 0 Å². The molecule has 0 aliphatic heterocycles. The minimum Gasteiger partial charge on any atom is -0.391 e. The number of aryl methyl sites for hydroxylation is 1. The monoisotopic (exact) mass is 303 g/mol. The summed E-state index contributed by atoms with van der Waals surface area (Å²) in [4.78, 5) is 11.8. The maximum absolute atomic E-state index is 11.8. The summed E-state index contributed by atoms with van der Waals surface area (Å²) in [6, 6.07) is 0. The third-order valence-electron chi connectivity index (χ3n) is 2.79. The fourth-order valence-electron chi connectivity index (χ4n) is 1.23. The predicted octanol–water partition coefficient (Wildman–Crippen LogP) is 1.60. The molecule has 0 aliphatic rings. The Hall–Kier alpha value is -0.880. The smallest absolute Gasteiger partial charge is 0.283 e. The van der Waals surface area contributed by atoms with Gasteiger partial charge in [-0.25, -0.2) is 4.68 Å². The second-order valence-electron chi connectivity index (χ2n) is 4.52. The maximum Gasteiger partial charge on any atom is 0.283 e. The molecule has 1 heterocycles. The first kappa shape index (κ1) is 14.2. The Labute approximate surface area is 109 Å². The number of hydrogen-bond donors (Lipinski definition) is 2. The van der Waals surface area contributed by atoms with Crippen molar-refractivity contribution in [2.75, 3.05) is 5.32 Å². The molecule has 0 saturated heterocycles. The van der Waals surface area contributed by atoms with Gasteiger partial charge in [0.25, 0.3) is 5.56 Å². The zero-order valence-electron chi connectivity index (χ0n) is 10.5. The van der Waals surface area contributed by atoms with Crippen molar-refractivity contribution in [1.82, 2.24) is 9.78 Å². The minimum absolute atomic E-state index is 0.182. The Balaban J connectivity index is 3.10. The topological polar surface area (TPSA) is 67.2 Å². The van der Waals surface area contributed by atoms with Crippen LogP contribution in [0.25, 0.3) is 0 Å². The normalized spacial score (nSPS) is 13.5. The Morgan fingerprint density at radius 1 is 1.65 bits per heavy atom. The van der Waals surface area contributed by atoms with Crippen molar-refractivity contribution in [1.29, 1.82) is 0 Å². The van der Waals surface area contributed by atoms with Crippen LogP contribution in [0.4, 0.5) is 5.69 Å². The molecular formula is C11H18BrN3O2. The molecular weight excluding hydrogens is 286 g/mol. The Kier molecular flexibility index (Phi) is 4.32. The van der Waals surface area contributed by atoms with Crippen LogP contribution >= 0.6 is 15.9 Å². The number of aliphatic hydroxyl groups excluding tert-OH is 1. The lowest BCUT2D eigenvalue weighted by molar-refractivity contribution is 0.133. The van der Waals surface area contributed by atoms with Gasteiger partial charge in [0.15, 0.2) is 0 Å². The van der Waals surface area contributed by atoms with E-state index in [0.29, 0.717) is 16.7 Å². The van der Waals surface area contributed by atoms with Crippen LogP contribution in [-0.2, 0) is 6.54 Å². The van der Waals surface area contributed by atoms with E-state index < -0.39 is 11.6 Å². The van der Waals surface area contributed by atoms with Crippen LogP contribution in [0.15, 0.2) is 15.5 Å². The number of halogens is 1. The van der Waals surface area contributed by atoms with Crippen molar-refractivity contribution >= 4 is 21.6 Å². The molecule has 1 aromatic heterocycles. The van der Waals surface area contributed by atoms with Crippen LogP contribution < -0.4 is 10.9 Å². The van der Waals surface area contributed by atoms with Crippen LogP contribution in [0.2, 0.25) is 0 Å². The van der Waals surface area contributed by atoms with Gasteiger partial charge in [-0.05, 0) is 43.6 Å². The first-order valence-corrected chi connectivity index (χ1v) is 6.30. The number of hydrogen-bond acceptors (Lipinski definition) is 4. The van der Waals surface area contributed by atoms with Gasteiger partial charge >= 0.3 is 0 Å². The fraction of sp³-hybridized carbons (Fsp3) is 0.636. The highest BCUT2D eigenvalue weighted by molar-refractivity contribution is 9.10.